The van der Waals surface area contributed by atoms with E-state index in [1.54, 1.807) is 6.07 Å². The van der Waals surface area contributed by atoms with E-state index in [1.165, 1.54) is 0 Å². The lowest BCUT2D eigenvalue weighted by Crippen LogP contribution is -2.04. The largest absolute Gasteiger partial charge is 0.476 e. The Morgan fingerprint density at radius 1 is 1.21 bits per heavy atom. The molecule has 0 saturated carbocycles. The molecule has 19 heavy (non-hydrogen) atoms. The van der Waals surface area contributed by atoms with Gasteiger partial charge in [0.25, 0.3) is 0 Å². The minimum atomic E-state index is 0.462. The number of pyridine rings is 1. The van der Waals surface area contributed by atoms with Gasteiger partial charge in [-0.3, -0.25) is 0 Å². The van der Waals surface area contributed by atoms with Crippen LogP contribution in [0.25, 0.3) is 0 Å². The van der Waals surface area contributed by atoms with Crippen LogP contribution >= 0.6 is 11.6 Å². The van der Waals surface area contributed by atoms with Gasteiger partial charge in [-0.1, -0.05) is 23.7 Å². The molecule has 0 saturated heterocycles. The van der Waals surface area contributed by atoms with Gasteiger partial charge in [-0.15, -0.1) is 0 Å². The number of ether oxygens (including phenoxy) is 1. The number of benzene rings is 1. The van der Waals surface area contributed by atoms with Crippen LogP contribution in [0, 0.1) is 0 Å². The normalized spacial score (nSPS) is 10.2. The first kappa shape index (κ1) is 13.5. The molecule has 0 bridgehead atoms. The Morgan fingerprint density at radius 2 is 1.95 bits per heavy atom. The number of hydrogen-bond donors (Lipinski definition) is 2. The zero-order chi connectivity index (χ0) is 13.7. The second-order valence-electron chi connectivity index (χ2n) is 4.00. The first-order valence-corrected chi connectivity index (χ1v) is 6.44. The van der Waals surface area contributed by atoms with Gasteiger partial charge >= 0.3 is 0 Å². The SMILES string of the molecule is CCOc1nc(NCc2ccc(Cl)cc2)ccc1N. The van der Waals surface area contributed by atoms with Crippen molar-refractivity contribution < 1.29 is 4.74 Å². The van der Waals surface area contributed by atoms with Gasteiger partial charge in [-0.2, -0.15) is 4.98 Å². The summed E-state index contributed by atoms with van der Waals surface area (Å²) >= 11 is 5.84. The van der Waals surface area contributed by atoms with Crippen LogP contribution in [0.1, 0.15) is 12.5 Å². The third-order valence-corrected chi connectivity index (χ3v) is 2.81. The van der Waals surface area contributed by atoms with E-state index < -0.39 is 0 Å². The van der Waals surface area contributed by atoms with E-state index in [0.29, 0.717) is 24.7 Å². The molecule has 0 unspecified atom stereocenters. The van der Waals surface area contributed by atoms with Gasteiger partial charge < -0.3 is 15.8 Å². The Bertz CT molecular complexity index is 543. The highest BCUT2D eigenvalue weighted by Crippen LogP contribution is 2.21. The Labute approximate surface area is 117 Å². The van der Waals surface area contributed by atoms with Gasteiger partial charge in [0.1, 0.15) is 5.82 Å². The fraction of sp³-hybridized carbons (Fsp3) is 0.214. The molecular formula is C14H16ClN3O. The third-order valence-electron chi connectivity index (χ3n) is 2.56. The van der Waals surface area contributed by atoms with Crippen molar-refractivity contribution in [2.75, 3.05) is 17.7 Å². The Kier molecular flexibility index (Phi) is 4.47. The maximum atomic E-state index is 5.84. The van der Waals surface area contributed by atoms with E-state index in [9.17, 15) is 0 Å². The lowest BCUT2D eigenvalue weighted by molar-refractivity contribution is 0.329. The summed E-state index contributed by atoms with van der Waals surface area (Å²) in [5.74, 6) is 1.19. The molecule has 2 aromatic rings. The van der Waals surface area contributed by atoms with Gasteiger partial charge in [0.15, 0.2) is 0 Å². The lowest BCUT2D eigenvalue weighted by Gasteiger charge is -2.10. The molecule has 4 nitrogen and oxygen atoms in total. The Hall–Kier alpha value is -1.94. The number of nitrogens with one attached hydrogen (secondary N) is 1. The topological polar surface area (TPSA) is 60.2 Å². The number of halogens is 1. The van der Waals surface area contributed by atoms with Crippen LogP contribution < -0.4 is 15.8 Å². The summed E-state index contributed by atoms with van der Waals surface area (Å²) in [7, 11) is 0. The smallest absolute Gasteiger partial charge is 0.239 e. The molecule has 5 heteroatoms. The summed E-state index contributed by atoms with van der Waals surface area (Å²) in [6.45, 7) is 3.10. The molecule has 0 aliphatic heterocycles. The Balaban J connectivity index is 2.03. The average Bonchev–Trinajstić information content (AvgIpc) is 2.42. The zero-order valence-electron chi connectivity index (χ0n) is 10.7. The molecule has 0 spiro atoms. The van der Waals surface area contributed by atoms with Crippen LogP contribution in [0.15, 0.2) is 36.4 Å². The summed E-state index contributed by atoms with van der Waals surface area (Å²) in [5.41, 5.74) is 7.44. The van der Waals surface area contributed by atoms with Crippen LogP contribution in [-0.4, -0.2) is 11.6 Å². The van der Waals surface area contributed by atoms with Crippen molar-refractivity contribution in [1.82, 2.24) is 4.98 Å². The molecule has 0 fully saturated rings. The maximum Gasteiger partial charge on any atom is 0.239 e. The minimum Gasteiger partial charge on any atom is -0.476 e. The van der Waals surface area contributed by atoms with Gasteiger partial charge in [-0.25, -0.2) is 0 Å². The fourth-order valence-corrected chi connectivity index (χ4v) is 1.72. The predicted octanol–water partition coefficient (Wildman–Crippen LogP) is 3.33. The second kappa shape index (κ2) is 6.29. The van der Waals surface area contributed by atoms with Crippen LogP contribution in [0.5, 0.6) is 5.88 Å². The number of nitrogens with two attached hydrogens (primary N) is 1. The number of hydrogen-bond acceptors (Lipinski definition) is 4. The van der Waals surface area contributed by atoms with E-state index in [2.05, 4.69) is 10.3 Å². The van der Waals surface area contributed by atoms with Crippen molar-refractivity contribution in [2.24, 2.45) is 0 Å². The second-order valence-corrected chi connectivity index (χ2v) is 4.44. The van der Waals surface area contributed by atoms with Crippen molar-refractivity contribution in [3.8, 4) is 5.88 Å². The van der Waals surface area contributed by atoms with Crippen LogP contribution in [-0.2, 0) is 6.54 Å². The summed E-state index contributed by atoms with van der Waals surface area (Å²) in [4.78, 5) is 4.31. The van der Waals surface area contributed by atoms with Crippen LogP contribution in [0.2, 0.25) is 5.02 Å². The van der Waals surface area contributed by atoms with Gasteiger partial charge in [-0.05, 0) is 36.8 Å². The van der Waals surface area contributed by atoms with Crippen molar-refractivity contribution >= 4 is 23.1 Å². The van der Waals surface area contributed by atoms with Crippen molar-refractivity contribution in [3.05, 3.63) is 47.0 Å². The molecule has 0 atom stereocenters. The molecule has 1 aromatic carbocycles. The first-order chi connectivity index (χ1) is 9.19. The van der Waals surface area contributed by atoms with E-state index in [0.717, 1.165) is 16.4 Å². The molecule has 2 rings (SSSR count). The molecule has 0 aliphatic carbocycles. The zero-order valence-corrected chi connectivity index (χ0v) is 11.4. The van der Waals surface area contributed by atoms with Crippen LogP contribution in [0.4, 0.5) is 11.5 Å². The summed E-state index contributed by atoms with van der Waals surface area (Å²) in [6, 6.07) is 11.3. The molecule has 0 aliphatic rings. The number of aromatic nitrogens is 1. The molecular weight excluding hydrogens is 262 g/mol. The lowest BCUT2D eigenvalue weighted by atomic mass is 10.2. The molecule has 0 amide bonds. The van der Waals surface area contributed by atoms with Gasteiger partial charge in [0, 0.05) is 11.6 Å². The molecule has 1 aromatic heterocycles. The monoisotopic (exact) mass is 277 g/mol. The highest BCUT2D eigenvalue weighted by Gasteiger charge is 2.03. The van der Waals surface area contributed by atoms with E-state index in [4.69, 9.17) is 22.1 Å². The van der Waals surface area contributed by atoms with E-state index in [1.807, 2.05) is 37.3 Å². The van der Waals surface area contributed by atoms with E-state index >= 15 is 0 Å². The molecule has 3 N–H and O–H groups in total. The van der Waals surface area contributed by atoms with Gasteiger partial charge in [0.05, 0.1) is 12.3 Å². The summed E-state index contributed by atoms with van der Waals surface area (Å²) in [5, 5.41) is 3.95. The maximum absolute atomic E-state index is 5.84. The van der Waals surface area contributed by atoms with Crippen LogP contribution in [0.3, 0.4) is 0 Å². The van der Waals surface area contributed by atoms with Gasteiger partial charge in [0.2, 0.25) is 5.88 Å². The quantitative estimate of drug-likeness (QED) is 0.880. The van der Waals surface area contributed by atoms with Crippen molar-refractivity contribution in [1.29, 1.82) is 0 Å². The molecule has 0 radical (unpaired) electrons. The van der Waals surface area contributed by atoms with Crippen molar-refractivity contribution in [3.63, 3.8) is 0 Å². The fourth-order valence-electron chi connectivity index (χ4n) is 1.60. The molecule has 1 heterocycles. The number of nitrogen functional groups attached to an aromatic ring is 1. The first-order valence-electron chi connectivity index (χ1n) is 6.06. The predicted molar refractivity (Wildman–Crippen MR) is 78.6 cm³/mol. The standard InChI is InChI=1S/C14H16ClN3O/c1-2-19-14-12(16)7-8-13(18-14)17-9-10-3-5-11(15)6-4-10/h3-8H,2,9,16H2,1H3,(H,17,18). The number of rotatable bonds is 5. The average molecular weight is 278 g/mol. The summed E-state index contributed by atoms with van der Waals surface area (Å²) in [6.07, 6.45) is 0. The molecule has 100 valence electrons. The summed E-state index contributed by atoms with van der Waals surface area (Å²) < 4.78 is 5.35. The van der Waals surface area contributed by atoms with Crippen molar-refractivity contribution in [2.45, 2.75) is 13.5 Å². The number of anilines is 2. The highest BCUT2D eigenvalue weighted by molar-refractivity contribution is 6.30. The Morgan fingerprint density at radius 3 is 2.63 bits per heavy atom. The van der Waals surface area contributed by atoms with E-state index in [-0.39, 0.29) is 0 Å². The third kappa shape index (κ3) is 3.76. The number of nitrogens with zero attached hydrogens (tertiary/aromatic N) is 1. The highest BCUT2D eigenvalue weighted by atomic mass is 35.5. The minimum absolute atomic E-state index is 0.462.